The van der Waals surface area contributed by atoms with Crippen LogP contribution in [0.15, 0.2) is 13.6 Å². The molecule has 0 spiro atoms. The summed E-state index contributed by atoms with van der Waals surface area (Å²) in [5.41, 5.74) is 0. The van der Waals surface area contributed by atoms with E-state index in [0.29, 0.717) is 6.42 Å². The summed E-state index contributed by atoms with van der Waals surface area (Å²) in [6.45, 7) is 5.20. The Labute approximate surface area is 124 Å². The van der Waals surface area contributed by atoms with Crippen molar-refractivity contribution in [2.75, 3.05) is 0 Å². The van der Waals surface area contributed by atoms with E-state index in [1.54, 1.807) is 23.6 Å². The largest absolute Gasteiger partial charge is 0.519 e. The second-order valence-electron chi connectivity index (χ2n) is 5.62. The van der Waals surface area contributed by atoms with Crippen LogP contribution in [-0.4, -0.2) is 32.9 Å². The number of esters is 1. The molecular formula is C13H15NO6S. The van der Waals surface area contributed by atoms with Gasteiger partial charge in [-0.15, -0.1) is 11.8 Å². The number of carbonyl (C=O) groups is 2. The summed E-state index contributed by atoms with van der Waals surface area (Å²) >= 11 is 1.60. The van der Waals surface area contributed by atoms with E-state index in [0.717, 1.165) is 0 Å². The zero-order valence-electron chi connectivity index (χ0n) is 11.9. The number of aryl methyl sites for hydroxylation is 1. The van der Waals surface area contributed by atoms with Crippen LogP contribution in [0.25, 0.3) is 0 Å². The molecule has 0 saturated carbocycles. The van der Waals surface area contributed by atoms with Gasteiger partial charge < -0.3 is 18.5 Å². The molecule has 2 fully saturated rings. The molecule has 2 saturated heterocycles. The highest BCUT2D eigenvalue weighted by molar-refractivity contribution is 8.01. The normalized spacial score (nSPS) is 26.4. The summed E-state index contributed by atoms with van der Waals surface area (Å²) in [5, 5.41) is 0.0543. The molecule has 0 aliphatic carbocycles. The summed E-state index contributed by atoms with van der Waals surface area (Å²) in [7, 11) is 0. The van der Waals surface area contributed by atoms with E-state index < -0.39 is 22.6 Å². The number of hydrogen-bond donors (Lipinski definition) is 0. The lowest BCUT2D eigenvalue weighted by Crippen LogP contribution is -2.57. The maximum atomic E-state index is 12.3. The lowest BCUT2D eigenvalue weighted by molar-refractivity contribution is -0.162. The fourth-order valence-corrected chi connectivity index (χ4v) is 4.30. The van der Waals surface area contributed by atoms with Gasteiger partial charge in [-0.3, -0.25) is 4.79 Å². The lowest BCUT2D eigenvalue weighted by atomic mass is 9.98. The van der Waals surface area contributed by atoms with Crippen LogP contribution in [0.4, 0.5) is 0 Å². The number of fused-ring (bicyclic) bond motifs is 1. The minimum Gasteiger partial charge on any atom is -0.456 e. The summed E-state index contributed by atoms with van der Waals surface area (Å²) < 4.78 is 14.3. The van der Waals surface area contributed by atoms with Gasteiger partial charge in [0.1, 0.15) is 6.04 Å². The Morgan fingerprint density at radius 3 is 2.71 bits per heavy atom. The van der Waals surface area contributed by atoms with Gasteiger partial charge in [-0.25, -0.2) is 9.59 Å². The fraction of sp³-hybridized carbons (Fsp3) is 0.615. The predicted octanol–water partition coefficient (Wildman–Crippen LogP) is 1.04. The summed E-state index contributed by atoms with van der Waals surface area (Å²) in [6.07, 6.45) is 0.466. The molecule has 7 nitrogen and oxygen atoms in total. The summed E-state index contributed by atoms with van der Waals surface area (Å²) in [5.74, 6) is -0.889. The van der Waals surface area contributed by atoms with E-state index >= 15 is 0 Å². The highest BCUT2D eigenvalue weighted by Gasteiger charge is 2.59. The van der Waals surface area contributed by atoms with Crippen LogP contribution in [0.3, 0.4) is 0 Å². The van der Waals surface area contributed by atoms with Crippen molar-refractivity contribution < 1.29 is 23.2 Å². The van der Waals surface area contributed by atoms with Crippen molar-refractivity contribution in [2.24, 2.45) is 0 Å². The minimum atomic E-state index is -0.826. The van der Waals surface area contributed by atoms with E-state index in [2.05, 4.69) is 0 Å². The average molecular weight is 313 g/mol. The number of β-lactam (4-membered cyclic amide) rings is 1. The molecule has 21 heavy (non-hydrogen) atoms. The SMILES string of the molecule is Cc1oc(=O)oc1COC(=O)[C@@H]1N2C(=O)C[C@H]2SC1(C)C. The van der Waals surface area contributed by atoms with Crippen molar-refractivity contribution in [3.63, 3.8) is 0 Å². The van der Waals surface area contributed by atoms with Gasteiger partial charge in [0.2, 0.25) is 5.91 Å². The van der Waals surface area contributed by atoms with E-state index in [1.807, 2.05) is 13.8 Å². The molecule has 2 aliphatic rings. The van der Waals surface area contributed by atoms with Crippen LogP contribution in [0.5, 0.6) is 0 Å². The number of ether oxygens (including phenoxy) is 1. The van der Waals surface area contributed by atoms with Crippen LogP contribution in [-0.2, 0) is 20.9 Å². The molecule has 8 heteroatoms. The quantitative estimate of drug-likeness (QED) is 0.608. The molecule has 114 valence electrons. The van der Waals surface area contributed by atoms with Crippen molar-refractivity contribution in [3.05, 3.63) is 22.1 Å². The van der Waals surface area contributed by atoms with Gasteiger partial charge in [0, 0.05) is 4.75 Å². The molecule has 3 heterocycles. The number of carbonyl (C=O) groups excluding carboxylic acids is 2. The van der Waals surface area contributed by atoms with E-state index in [-0.39, 0.29) is 29.4 Å². The Hall–Kier alpha value is -1.70. The summed E-state index contributed by atoms with van der Waals surface area (Å²) in [4.78, 5) is 36.5. The van der Waals surface area contributed by atoms with Gasteiger partial charge in [-0.1, -0.05) is 0 Å². The number of thioether (sulfide) groups is 1. The number of nitrogens with zero attached hydrogens (tertiary/aromatic N) is 1. The maximum Gasteiger partial charge on any atom is 0.519 e. The average Bonchev–Trinajstić information content (AvgIpc) is 2.80. The molecule has 1 amide bonds. The van der Waals surface area contributed by atoms with Crippen molar-refractivity contribution in [1.29, 1.82) is 0 Å². The van der Waals surface area contributed by atoms with Gasteiger partial charge in [0.25, 0.3) is 0 Å². The number of rotatable bonds is 3. The highest BCUT2D eigenvalue weighted by atomic mass is 32.2. The lowest BCUT2D eigenvalue weighted by Gasteiger charge is -2.37. The second-order valence-corrected chi connectivity index (χ2v) is 7.46. The summed E-state index contributed by atoms with van der Waals surface area (Å²) in [6, 6.07) is -0.618. The van der Waals surface area contributed by atoms with Crippen LogP contribution in [0, 0.1) is 6.92 Å². The fourth-order valence-electron chi connectivity index (χ4n) is 2.68. The number of hydrogen-bond acceptors (Lipinski definition) is 7. The molecule has 0 unspecified atom stereocenters. The van der Waals surface area contributed by atoms with Gasteiger partial charge >= 0.3 is 11.8 Å². The van der Waals surface area contributed by atoms with Crippen molar-refractivity contribution in [2.45, 2.75) is 50.0 Å². The minimum absolute atomic E-state index is 0.0361. The van der Waals surface area contributed by atoms with Crippen LogP contribution >= 0.6 is 11.8 Å². The molecular weight excluding hydrogens is 298 g/mol. The third-order valence-electron chi connectivity index (χ3n) is 3.73. The third kappa shape index (κ3) is 2.27. The van der Waals surface area contributed by atoms with E-state index in [4.69, 9.17) is 13.6 Å². The van der Waals surface area contributed by atoms with Gasteiger partial charge in [-0.05, 0) is 20.8 Å². The van der Waals surface area contributed by atoms with Crippen LogP contribution < -0.4 is 5.82 Å². The monoisotopic (exact) mass is 313 g/mol. The molecule has 2 atom stereocenters. The zero-order chi connectivity index (χ0) is 15.4. The smallest absolute Gasteiger partial charge is 0.456 e. The third-order valence-corrected chi connectivity index (χ3v) is 5.22. The van der Waals surface area contributed by atoms with Crippen LogP contribution in [0.1, 0.15) is 31.8 Å². The first-order valence-electron chi connectivity index (χ1n) is 6.54. The standard InChI is InChI=1S/C13H15NO6S/c1-6-7(20-12(17)19-6)5-18-11(16)10-13(2,3)21-9-4-8(15)14(9)10/h9-10H,4-5H2,1-3H3/t9-,10+/m1/s1. The first-order valence-corrected chi connectivity index (χ1v) is 7.42. The van der Waals surface area contributed by atoms with Crippen molar-refractivity contribution in [3.8, 4) is 0 Å². The molecule has 0 N–H and O–H groups in total. The Balaban J connectivity index is 1.71. The van der Waals surface area contributed by atoms with Gasteiger partial charge in [0.05, 0.1) is 11.8 Å². The zero-order valence-corrected chi connectivity index (χ0v) is 12.7. The van der Waals surface area contributed by atoms with Gasteiger partial charge in [0.15, 0.2) is 18.1 Å². The Bertz CT molecular complexity index is 660. The van der Waals surface area contributed by atoms with E-state index in [9.17, 15) is 14.4 Å². The Kier molecular flexibility index (Phi) is 3.16. The molecule has 2 aliphatic heterocycles. The first kappa shape index (κ1) is 14.2. The molecule has 1 aromatic rings. The molecule has 1 aromatic heterocycles. The van der Waals surface area contributed by atoms with Gasteiger partial charge in [-0.2, -0.15) is 0 Å². The first-order chi connectivity index (χ1) is 9.79. The topological polar surface area (TPSA) is 90.0 Å². The molecule has 0 aromatic carbocycles. The Morgan fingerprint density at radius 2 is 2.14 bits per heavy atom. The molecule has 0 bridgehead atoms. The Morgan fingerprint density at radius 1 is 1.43 bits per heavy atom. The maximum absolute atomic E-state index is 12.3. The second kappa shape index (κ2) is 4.66. The highest BCUT2D eigenvalue weighted by Crippen LogP contribution is 2.50. The predicted molar refractivity (Wildman–Crippen MR) is 72.5 cm³/mol. The van der Waals surface area contributed by atoms with Crippen LogP contribution in [0.2, 0.25) is 0 Å². The molecule has 0 radical (unpaired) electrons. The van der Waals surface area contributed by atoms with Crippen molar-refractivity contribution in [1.82, 2.24) is 4.90 Å². The number of amides is 1. The molecule has 3 rings (SSSR count). The van der Waals surface area contributed by atoms with E-state index in [1.165, 1.54) is 0 Å². The van der Waals surface area contributed by atoms with Crippen molar-refractivity contribution >= 4 is 23.6 Å².